The van der Waals surface area contributed by atoms with E-state index in [1.807, 2.05) is 0 Å². The van der Waals surface area contributed by atoms with Gasteiger partial charge in [0.25, 0.3) is 5.91 Å². The van der Waals surface area contributed by atoms with E-state index in [1.165, 1.54) is 30.3 Å². The van der Waals surface area contributed by atoms with Gasteiger partial charge in [-0.25, -0.2) is 0 Å². The van der Waals surface area contributed by atoms with Crippen molar-refractivity contribution in [1.29, 1.82) is 0 Å². The molecule has 0 aliphatic carbocycles. The number of alkyl halides is 3. The van der Waals surface area contributed by atoms with Gasteiger partial charge in [0.1, 0.15) is 36.9 Å². The van der Waals surface area contributed by atoms with Crippen molar-refractivity contribution in [2.75, 3.05) is 26.3 Å². The molecule has 1 amide bonds. The second kappa shape index (κ2) is 13.0. The van der Waals surface area contributed by atoms with Crippen molar-refractivity contribution in [2.45, 2.75) is 24.7 Å². The van der Waals surface area contributed by atoms with Gasteiger partial charge in [0.05, 0.1) is 5.56 Å². The van der Waals surface area contributed by atoms with E-state index < -0.39 is 36.1 Å². The molecule has 3 rings (SSSR count). The molecule has 2 aromatic carbocycles. The first-order valence-electron chi connectivity index (χ1n) is 11.5. The van der Waals surface area contributed by atoms with Crippen LogP contribution < -0.4 is 21.5 Å². The summed E-state index contributed by atoms with van der Waals surface area (Å²) in [5.74, 6) is -3.22. The second-order valence-corrected chi connectivity index (χ2v) is 8.30. The monoisotopic (exact) mass is 553 g/mol. The van der Waals surface area contributed by atoms with Crippen LogP contribution in [0.2, 0.25) is 0 Å². The molecule has 0 fully saturated rings. The van der Waals surface area contributed by atoms with Gasteiger partial charge < -0.3 is 40.9 Å². The van der Waals surface area contributed by atoms with E-state index in [-0.39, 0.29) is 48.9 Å². The predicted octanol–water partition coefficient (Wildman–Crippen LogP) is 1.00. The molecule has 210 valence electrons. The first kappa shape index (κ1) is 29.3. The van der Waals surface area contributed by atoms with Gasteiger partial charge in [0.2, 0.25) is 5.89 Å². The Morgan fingerprint density at radius 3 is 2.49 bits per heavy atom. The molecule has 3 aromatic rings. The average molecular weight is 553 g/mol. The molecule has 1 unspecified atom stereocenters. The average Bonchev–Trinajstić information content (AvgIpc) is 3.39. The molecule has 0 saturated carbocycles. The van der Waals surface area contributed by atoms with Crippen molar-refractivity contribution in [3.63, 3.8) is 0 Å². The number of halogens is 3. The first-order valence-corrected chi connectivity index (χ1v) is 11.5. The molecular formula is C24H26F3N5O7. The van der Waals surface area contributed by atoms with Crippen molar-refractivity contribution in [3.8, 4) is 23.0 Å². The van der Waals surface area contributed by atoms with Gasteiger partial charge in [-0.15, -0.1) is 10.2 Å². The second-order valence-electron chi connectivity index (χ2n) is 8.30. The highest BCUT2D eigenvalue weighted by Crippen LogP contribution is 2.30. The van der Waals surface area contributed by atoms with Crippen LogP contribution in [0.3, 0.4) is 0 Å². The minimum atomic E-state index is -4.75. The number of carbonyl (C=O) groups excluding carboxylic acids is 2. The van der Waals surface area contributed by atoms with E-state index in [4.69, 9.17) is 20.9 Å². The number of hydrogen-bond acceptors (Lipinski definition) is 11. The van der Waals surface area contributed by atoms with Gasteiger partial charge in [-0.1, -0.05) is 12.1 Å². The number of nitrogens with one attached hydrogen (secondary N) is 1. The minimum absolute atomic E-state index is 0.0698. The molecule has 0 radical (unpaired) electrons. The number of ether oxygens (including phenoxy) is 2. The maximum atomic E-state index is 12.6. The zero-order valence-electron chi connectivity index (χ0n) is 20.4. The van der Waals surface area contributed by atoms with E-state index in [1.54, 1.807) is 12.1 Å². The molecule has 2 atom stereocenters. The fourth-order valence-corrected chi connectivity index (χ4v) is 3.23. The lowest BCUT2D eigenvalue weighted by molar-refractivity contribution is -0.157. The summed E-state index contributed by atoms with van der Waals surface area (Å²) >= 11 is 0. The van der Waals surface area contributed by atoms with Crippen LogP contribution in [-0.2, 0) is 22.1 Å². The Labute approximate surface area is 219 Å². The number of primary amides is 1. The first-order chi connectivity index (χ1) is 18.4. The highest BCUT2D eigenvalue weighted by Gasteiger charge is 2.38. The number of benzene rings is 2. The summed E-state index contributed by atoms with van der Waals surface area (Å²) < 4.78 is 52.9. The van der Waals surface area contributed by atoms with Crippen molar-refractivity contribution in [1.82, 2.24) is 15.5 Å². The minimum Gasteiger partial charge on any atom is -0.507 e. The van der Waals surface area contributed by atoms with E-state index in [0.29, 0.717) is 17.9 Å². The van der Waals surface area contributed by atoms with E-state index in [2.05, 4.69) is 19.9 Å². The number of carbonyl (C=O) groups is 2. The van der Waals surface area contributed by atoms with E-state index >= 15 is 0 Å². The summed E-state index contributed by atoms with van der Waals surface area (Å²) in [6.07, 6.45) is -5.69. The van der Waals surface area contributed by atoms with Gasteiger partial charge in [-0.2, -0.15) is 13.2 Å². The number of nitrogens with two attached hydrogens (primary N) is 2. The molecule has 7 N–H and O–H groups in total. The molecule has 1 aromatic heterocycles. The zero-order chi connectivity index (χ0) is 28.6. The Morgan fingerprint density at radius 2 is 1.85 bits per heavy atom. The highest BCUT2D eigenvalue weighted by atomic mass is 19.4. The Morgan fingerprint density at radius 1 is 1.13 bits per heavy atom. The van der Waals surface area contributed by atoms with Gasteiger partial charge >= 0.3 is 18.0 Å². The lowest BCUT2D eigenvalue weighted by atomic mass is 10.0. The number of nitrogens with zero attached hydrogens (tertiary/aromatic N) is 2. The normalized spacial score (nSPS) is 13.1. The van der Waals surface area contributed by atoms with Crippen LogP contribution in [0.25, 0.3) is 11.5 Å². The molecule has 0 aliphatic rings. The number of rotatable bonds is 13. The van der Waals surface area contributed by atoms with Crippen LogP contribution >= 0.6 is 0 Å². The fourth-order valence-electron chi connectivity index (χ4n) is 3.23. The summed E-state index contributed by atoms with van der Waals surface area (Å²) in [4.78, 5) is 23.4. The fraction of sp³-hybridized carbons (Fsp3) is 0.333. The number of phenols is 1. The molecule has 12 nitrogen and oxygen atoms in total. The Bertz CT molecular complexity index is 1270. The van der Waals surface area contributed by atoms with E-state index in [0.717, 1.165) is 0 Å². The number of hydrogen-bond donors (Lipinski definition) is 5. The number of esters is 1. The predicted molar refractivity (Wildman–Crippen MR) is 128 cm³/mol. The van der Waals surface area contributed by atoms with Crippen molar-refractivity contribution in [3.05, 3.63) is 59.5 Å². The summed E-state index contributed by atoms with van der Waals surface area (Å²) in [5, 5.41) is 28.8. The molecule has 0 spiro atoms. The van der Waals surface area contributed by atoms with Crippen LogP contribution in [0.1, 0.15) is 21.8 Å². The maximum absolute atomic E-state index is 12.6. The number of aromatic nitrogens is 2. The van der Waals surface area contributed by atoms with Crippen LogP contribution in [0.4, 0.5) is 13.2 Å². The molecule has 1 heterocycles. The molecular weight excluding hydrogens is 527 g/mol. The Hall–Kier alpha value is -4.21. The van der Waals surface area contributed by atoms with Crippen molar-refractivity contribution >= 4 is 11.9 Å². The third-order valence-electron chi connectivity index (χ3n) is 5.21. The molecule has 0 bridgehead atoms. The maximum Gasteiger partial charge on any atom is 0.470 e. The van der Waals surface area contributed by atoms with Crippen LogP contribution in [0, 0.1) is 0 Å². The largest absolute Gasteiger partial charge is 0.507 e. The number of amides is 1. The van der Waals surface area contributed by atoms with Crippen LogP contribution in [-0.4, -0.2) is 70.7 Å². The Balaban J connectivity index is 1.35. The molecule has 0 saturated heterocycles. The van der Waals surface area contributed by atoms with Gasteiger partial charge in [0.15, 0.2) is 0 Å². The highest BCUT2D eigenvalue weighted by molar-refractivity contribution is 5.95. The quantitative estimate of drug-likeness (QED) is 0.150. The van der Waals surface area contributed by atoms with Crippen molar-refractivity contribution in [2.24, 2.45) is 11.5 Å². The van der Waals surface area contributed by atoms with Crippen LogP contribution in [0.15, 0.2) is 46.9 Å². The summed E-state index contributed by atoms with van der Waals surface area (Å²) in [6, 6.07) is 9.03. The van der Waals surface area contributed by atoms with Gasteiger partial charge in [-0.05, 0) is 42.3 Å². The third-order valence-corrected chi connectivity index (χ3v) is 5.21. The van der Waals surface area contributed by atoms with Gasteiger partial charge in [-0.3, -0.25) is 9.59 Å². The smallest absolute Gasteiger partial charge is 0.470 e. The number of aliphatic hydroxyl groups excluding tert-OH is 1. The third kappa shape index (κ3) is 8.66. The number of aliphatic hydroxyl groups is 1. The standard InChI is InChI=1S/C24H26F3N5O7/c25-24(26,27)23-32-31-21(39-23)14-3-1-13(2-4-14)9-18(28)22(36)38-12-15(33)11-30-7-8-37-16-5-6-19(34)17(10-16)20(29)35/h1-6,10,15,18,30,33-34H,7-9,11-12,28H2,(H2,29,35)/t15?,18-/m0/s1. The SMILES string of the molecule is NC(=O)c1cc(OCCNCC(O)COC(=O)[C@@H](N)Cc2ccc(-c3nnc(C(F)(F)F)o3)cc2)ccc1O. The van der Waals surface area contributed by atoms with E-state index in [9.17, 15) is 33.0 Å². The lowest BCUT2D eigenvalue weighted by Gasteiger charge is -2.15. The topological polar surface area (TPSA) is 196 Å². The molecule has 39 heavy (non-hydrogen) atoms. The number of aromatic hydroxyl groups is 1. The van der Waals surface area contributed by atoms with Gasteiger partial charge in [0, 0.05) is 18.7 Å². The van der Waals surface area contributed by atoms with Crippen LogP contribution in [0.5, 0.6) is 11.5 Å². The molecule has 15 heteroatoms. The van der Waals surface area contributed by atoms with Crippen molar-refractivity contribution < 1.29 is 46.9 Å². The summed E-state index contributed by atoms with van der Waals surface area (Å²) in [7, 11) is 0. The summed E-state index contributed by atoms with van der Waals surface area (Å²) in [5.41, 5.74) is 11.8. The zero-order valence-corrected chi connectivity index (χ0v) is 20.4. The lowest BCUT2D eigenvalue weighted by Crippen LogP contribution is -2.38. The molecule has 0 aliphatic heterocycles. The summed E-state index contributed by atoms with van der Waals surface area (Å²) in [6.45, 7) is 0.267. The Kier molecular flexibility index (Phi) is 9.81.